The summed E-state index contributed by atoms with van der Waals surface area (Å²) >= 11 is 0. The largest absolute Gasteiger partial charge is 0.453 e. The van der Waals surface area contributed by atoms with Crippen LogP contribution in [0.15, 0.2) is 36.7 Å². The first-order valence-electron chi connectivity index (χ1n) is 8.11. The van der Waals surface area contributed by atoms with Crippen LogP contribution in [0.1, 0.15) is 16.1 Å². The molecule has 30 heavy (non-hydrogen) atoms. The molecule has 0 aliphatic heterocycles. The van der Waals surface area contributed by atoms with Gasteiger partial charge in [0.05, 0.1) is 28.3 Å². The van der Waals surface area contributed by atoms with Gasteiger partial charge in [-0.05, 0) is 18.2 Å². The van der Waals surface area contributed by atoms with Crippen molar-refractivity contribution in [1.82, 2.24) is 14.9 Å². The van der Waals surface area contributed by atoms with Gasteiger partial charge in [0.25, 0.3) is 11.6 Å². The lowest BCUT2D eigenvalue weighted by Crippen LogP contribution is -2.38. The zero-order chi connectivity index (χ0) is 22.2. The van der Waals surface area contributed by atoms with Gasteiger partial charge < -0.3 is 15.5 Å². The summed E-state index contributed by atoms with van der Waals surface area (Å²) in [7, 11) is 1.19. The van der Waals surface area contributed by atoms with Crippen molar-refractivity contribution in [2.45, 2.75) is 6.18 Å². The number of hydrogen-bond acceptors (Lipinski definition) is 6. The number of nitrogens with zero attached hydrogens (tertiary/aromatic N) is 3. The van der Waals surface area contributed by atoms with Gasteiger partial charge in [0.2, 0.25) is 0 Å². The number of pyridine rings is 1. The summed E-state index contributed by atoms with van der Waals surface area (Å²) in [5.41, 5.74) is 3.41. The number of amides is 1. The number of halogens is 3. The van der Waals surface area contributed by atoms with Gasteiger partial charge in [0, 0.05) is 12.4 Å². The molecule has 4 N–H and O–H groups in total. The van der Waals surface area contributed by atoms with Crippen molar-refractivity contribution in [2.24, 2.45) is 5.73 Å². The minimum absolute atomic E-state index is 0.0893. The molecule has 0 fully saturated rings. The van der Waals surface area contributed by atoms with E-state index in [0.717, 1.165) is 41.6 Å². The molecule has 156 valence electrons. The number of fused-ring (bicyclic) bond motifs is 1. The number of ether oxygens (including phenoxy) is 1. The third kappa shape index (κ3) is 3.85. The summed E-state index contributed by atoms with van der Waals surface area (Å²) in [5.74, 6) is -1.65. The van der Waals surface area contributed by atoms with Crippen LogP contribution in [-0.4, -0.2) is 38.7 Å². The summed E-state index contributed by atoms with van der Waals surface area (Å²) in [6.45, 7) is 0. The number of benzene rings is 1. The lowest BCUT2D eigenvalue weighted by Gasteiger charge is -2.12. The Morgan fingerprint density at radius 1 is 1.33 bits per heavy atom. The molecule has 0 saturated heterocycles. The summed E-state index contributed by atoms with van der Waals surface area (Å²) in [6, 6.07) is 3.80. The number of carbonyl (C=O) groups is 1. The average molecular weight is 422 g/mol. The number of alkyl halides is 3. The fraction of sp³-hybridized carbons (Fsp3) is 0.118. The van der Waals surface area contributed by atoms with E-state index in [2.05, 4.69) is 9.97 Å². The predicted octanol–water partition coefficient (Wildman–Crippen LogP) is 3.25. The number of hydrogen-bond donors (Lipinski definition) is 3. The molecule has 0 spiro atoms. The lowest BCUT2D eigenvalue weighted by atomic mass is 10.1. The first-order chi connectivity index (χ1) is 14.0. The molecule has 2 aromatic heterocycles. The normalized spacial score (nSPS) is 11.3. The van der Waals surface area contributed by atoms with Crippen molar-refractivity contribution < 1.29 is 27.6 Å². The van der Waals surface area contributed by atoms with E-state index in [-0.39, 0.29) is 33.8 Å². The highest BCUT2D eigenvalue weighted by molar-refractivity contribution is 6.06. The van der Waals surface area contributed by atoms with Gasteiger partial charge in [0.1, 0.15) is 11.9 Å². The molecule has 2 heterocycles. The standard InChI is InChI=1S/C17H13F3N6O4/c1-25(16(21)22)15(27)12-5-10-11(17(18,19)20)2-3-13(14(10)24-12)30-9-4-8(26(28)29)6-23-7-9/h2-7,24H,1H3,(H3,21,22). The van der Waals surface area contributed by atoms with Crippen LogP contribution < -0.4 is 10.5 Å². The molecule has 13 heteroatoms. The van der Waals surface area contributed by atoms with Crippen LogP contribution in [0.2, 0.25) is 0 Å². The highest BCUT2D eigenvalue weighted by Gasteiger charge is 2.34. The second kappa shape index (κ2) is 7.35. The Morgan fingerprint density at radius 3 is 2.63 bits per heavy atom. The molecular formula is C17H13F3N6O4. The Morgan fingerprint density at radius 2 is 2.03 bits per heavy atom. The fourth-order valence-electron chi connectivity index (χ4n) is 2.62. The SMILES string of the molecule is CN(C(=N)N)C(=O)c1cc2c(C(F)(F)F)ccc(Oc3cncc([N+](=O)[O-])c3)c2[nH]1. The maximum atomic E-state index is 13.4. The van der Waals surface area contributed by atoms with Crippen LogP contribution in [0.25, 0.3) is 10.9 Å². The summed E-state index contributed by atoms with van der Waals surface area (Å²) < 4.78 is 45.8. The van der Waals surface area contributed by atoms with Crippen molar-refractivity contribution in [1.29, 1.82) is 5.41 Å². The Labute approximate surface area is 165 Å². The molecule has 1 aromatic carbocycles. The van der Waals surface area contributed by atoms with E-state index < -0.39 is 28.5 Å². The van der Waals surface area contributed by atoms with E-state index in [1.54, 1.807) is 0 Å². The highest BCUT2D eigenvalue weighted by Crippen LogP contribution is 2.40. The van der Waals surface area contributed by atoms with Crippen LogP contribution in [0.3, 0.4) is 0 Å². The maximum absolute atomic E-state index is 13.4. The van der Waals surface area contributed by atoms with Crippen LogP contribution in [0, 0.1) is 15.5 Å². The van der Waals surface area contributed by atoms with Gasteiger partial charge in [-0.2, -0.15) is 13.2 Å². The number of nitrogens with two attached hydrogens (primary N) is 1. The maximum Gasteiger partial charge on any atom is 0.417 e. The summed E-state index contributed by atoms with van der Waals surface area (Å²) in [4.78, 5) is 29.5. The van der Waals surface area contributed by atoms with Crippen molar-refractivity contribution >= 4 is 28.5 Å². The molecule has 0 unspecified atom stereocenters. The number of rotatable bonds is 4. The number of aromatic amines is 1. The first-order valence-corrected chi connectivity index (χ1v) is 8.11. The first kappa shape index (κ1) is 20.6. The molecule has 0 aliphatic carbocycles. The molecule has 0 bridgehead atoms. The Hall–Kier alpha value is -4.16. The van der Waals surface area contributed by atoms with Crippen molar-refractivity contribution in [3.8, 4) is 11.5 Å². The van der Waals surface area contributed by atoms with Gasteiger partial charge in [-0.1, -0.05) is 0 Å². The third-order valence-corrected chi connectivity index (χ3v) is 4.09. The van der Waals surface area contributed by atoms with Crippen LogP contribution >= 0.6 is 0 Å². The number of nitrogens with one attached hydrogen (secondary N) is 2. The van der Waals surface area contributed by atoms with E-state index in [1.807, 2.05) is 0 Å². The molecule has 0 radical (unpaired) electrons. The summed E-state index contributed by atoms with van der Waals surface area (Å²) in [5, 5.41) is 17.8. The molecular weight excluding hydrogens is 409 g/mol. The fourth-order valence-corrected chi connectivity index (χ4v) is 2.62. The second-order valence-electron chi connectivity index (χ2n) is 6.07. The van der Waals surface area contributed by atoms with Gasteiger partial charge in [-0.25, -0.2) is 0 Å². The van der Waals surface area contributed by atoms with E-state index in [0.29, 0.717) is 0 Å². The minimum Gasteiger partial charge on any atom is -0.453 e. The smallest absolute Gasteiger partial charge is 0.417 e. The molecule has 3 aromatic rings. The van der Waals surface area contributed by atoms with Crippen molar-refractivity contribution in [3.05, 3.63) is 58.0 Å². The van der Waals surface area contributed by atoms with Crippen LogP contribution in [-0.2, 0) is 6.18 Å². The summed E-state index contributed by atoms with van der Waals surface area (Å²) in [6.07, 6.45) is -2.59. The zero-order valence-corrected chi connectivity index (χ0v) is 15.1. The highest BCUT2D eigenvalue weighted by atomic mass is 19.4. The molecule has 10 nitrogen and oxygen atoms in total. The van der Waals surface area contributed by atoms with E-state index in [4.69, 9.17) is 15.9 Å². The van der Waals surface area contributed by atoms with E-state index in [1.165, 1.54) is 7.05 Å². The van der Waals surface area contributed by atoms with E-state index in [9.17, 15) is 28.1 Å². The van der Waals surface area contributed by atoms with E-state index >= 15 is 0 Å². The molecule has 0 atom stereocenters. The Kier molecular flexibility index (Phi) is 5.04. The lowest BCUT2D eigenvalue weighted by molar-refractivity contribution is -0.385. The number of nitro groups is 1. The van der Waals surface area contributed by atoms with Crippen molar-refractivity contribution in [3.63, 3.8) is 0 Å². The zero-order valence-electron chi connectivity index (χ0n) is 15.1. The average Bonchev–Trinajstić information content (AvgIpc) is 3.11. The number of aromatic nitrogens is 2. The molecule has 3 rings (SSSR count). The number of guanidine groups is 1. The Balaban J connectivity index is 2.14. The predicted molar refractivity (Wildman–Crippen MR) is 98.3 cm³/mol. The molecule has 1 amide bonds. The van der Waals surface area contributed by atoms with Gasteiger partial charge in [0.15, 0.2) is 17.5 Å². The minimum atomic E-state index is -4.72. The van der Waals surface area contributed by atoms with Gasteiger partial charge in [-0.3, -0.25) is 30.2 Å². The van der Waals surface area contributed by atoms with Crippen LogP contribution in [0.5, 0.6) is 11.5 Å². The van der Waals surface area contributed by atoms with Gasteiger partial charge >= 0.3 is 6.18 Å². The topological polar surface area (TPSA) is 151 Å². The third-order valence-electron chi connectivity index (χ3n) is 4.09. The quantitative estimate of drug-likeness (QED) is 0.254. The molecule has 0 aliphatic rings. The van der Waals surface area contributed by atoms with Gasteiger partial charge in [-0.15, -0.1) is 0 Å². The van der Waals surface area contributed by atoms with Crippen LogP contribution in [0.4, 0.5) is 18.9 Å². The molecule has 0 saturated carbocycles. The number of H-pyrrole nitrogens is 1. The Bertz CT molecular complexity index is 1170. The second-order valence-corrected chi connectivity index (χ2v) is 6.07. The number of carbonyl (C=O) groups excluding carboxylic acids is 1. The monoisotopic (exact) mass is 422 g/mol. The van der Waals surface area contributed by atoms with Crippen molar-refractivity contribution in [2.75, 3.05) is 7.05 Å².